The standard InChI is InChI=1S/C10H18N2O2/c1-12(2)10(13)7-3-8-5-14-6-9(4-7)11-8/h7-9,11H,3-6H2,1-2H3. The van der Waals surface area contributed by atoms with Gasteiger partial charge in [0.15, 0.2) is 0 Å². The molecule has 2 unspecified atom stereocenters. The van der Waals surface area contributed by atoms with Gasteiger partial charge in [0.1, 0.15) is 0 Å². The smallest absolute Gasteiger partial charge is 0.225 e. The van der Waals surface area contributed by atoms with Crippen LogP contribution in [0.1, 0.15) is 12.8 Å². The van der Waals surface area contributed by atoms with E-state index in [1.54, 1.807) is 4.90 Å². The fraction of sp³-hybridized carbons (Fsp3) is 0.900. The summed E-state index contributed by atoms with van der Waals surface area (Å²) < 4.78 is 5.44. The highest BCUT2D eigenvalue weighted by atomic mass is 16.5. The lowest BCUT2D eigenvalue weighted by Crippen LogP contribution is -2.56. The maximum absolute atomic E-state index is 11.8. The van der Waals surface area contributed by atoms with Gasteiger partial charge in [-0.25, -0.2) is 0 Å². The minimum absolute atomic E-state index is 0.199. The van der Waals surface area contributed by atoms with Gasteiger partial charge in [-0.1, -0.05) is 0 Å². The molecule has 0 aromatic carbocycles. The molecule has 0 aliphatic carbocycles. The van der Waals surface area contributed by atoms with E-state index in [1.807, 2.05) is 14.1 Å². The number of hydrogen-bond donors (Lipinski definition) is 1. The Morgan fingerprint density at radius 2 is 1.86 bits per heavy atom. The van der Waals surface area contributed by atoms with Gasteiger partial charge in [0, 0.05) is 32.1 Å². The van der Waals surface area contributed by atoms with Crippen molar-refractivity contribution in [2.45, 2.75) is 24.9 Å². The molecule has 0 aromatic rings. The van der Waals surface area contributed by atoms with Gasteiger partial charge in [-0.15, -0.1) is 0 Å². The Bertz CT molecular complexity index is 218. The number of nitrogens with one attached hydrogen (secondary N) is 1. The van der Waals surface area contributed by atoms with E-state index in [1.165, 1.54) is 0 Å². The van der Waals surface area contributed by atoms with Crippen molar-refractivity contribution in [2.75, 3.05) is 27.3 Å². The molecule has 2 aliphatic rings. The van der Waals surface area contributed by atoms with Crippen molar-refractivity contribution in [3.05, 3.63) is 0 Å². The Kier molecular flexibility index (Phi) is 2.74. The van der Waals surface area contributed by atoms with Crippen LogP contribution in [0.5, 0.6) is 0 Å². The molecular formula is C10H18N2O2. The molecule has 2 aliphatic heterocycles. The monoisotopic (exact) mass is 198 g/mol. The summed E-state index contributed by atoms with van der Waals surface area (Å²) in [4.78, 5) is 13.5. The highest BCUT2D eigenvalue weighted by molar-refractivity contribution is 5.78. The molecule has 4 heteroatoms. The van der Waals surface area contributed by atoms with Crippen molar-refractivity contribution in [2.24, 2.45) is 5.92 Å². The summed E-state index contributed by atoms with van der Waals surface area (Å²) in [5.41, 5.74) is 0. The van der Waals surface area contributed by atoms with Gasteiger partial charge < -0.3 is 15.0 Å². The predicted molar refractivity (Wildman–Crippen MR) is 52.9 cm³/mol. The van der Waals surface area contributed by atoms with Gasteiger partial charge in [0.2, 0.25) is 5.91 Å². The molecule has 80 valence electrons. The lowest BCUT2D eigenvalue weighted by atomic mass is 9.86. The van der Waals surface area contributed by atoms with E-state index < -0.39 is 0 Å². The van der Waals surface area contributed by atoms with Crippen molar-refractivity contribution in [1.29, 1.82) is 0 Å². The van der Waals surface area contributed by atoms with Crippen molar-refractivity contribution in [3.8, 4) is 0 Å². The molecule has 2 rings (SSSR count). The summed E-state index contributed by atoms with van der Waals surface area (Å²) in [5.74, 6) is 0.466. The predicted octanol–water partition coefficient (Wildman–Crippen LogP) is -0.158. The second-order valence-corrected chi connectivity index (χ2v) is 4.50. The quantitative estimate of drug-likeness (QED) is 0.636. The number of rotatable bonds is 1. The lowest BCUT2D eigenvalue weighted by molar-refractivity contribution is -0.136. The SMILES string of the molecule is CN(C)C(=O)C1CC2COCC(C1)N2. The van der Waals surface area contributed by atoms with Gasteiger partial charge in [-0.3, -0.25) is 4.79 Å². The minimum atomic E-state index is 0.199. The van der Waals surface area contributed by atoms with Gasteiger partial charge >= 0.3 is 0 Å². The summed E-state index contributed by atoms with van der Waals surface area (Å²) in [6, 6.07) is 0.771. The molecular weight excluding hydrogens is 180 g/mol. The van der Waals surface area contributed by atoms with Crippen LogP contribution in [0.25, 0.3) is 0 Å². The van der Waals surface area contributed by atoms with Crippen LogP contribution >= 0.6 is 0 Å². The zero-order valence-electron chi connectivity index (χ0n) is 8.82. The van der Waals surface area contributed by atoms with Gasteiger partial charge in [-0.2, -0.15) is 0 Å². The maximum Gasteiger partial charge on any atom is 0.225 e. The van der Waals surface area contributed by atoms with Gasteiger partial charge in [-0.05, 0) is 12.8 Å². The Hall–Kier alpha value is -0.610. The van der Waals surface area contributed by atoms with Crippen LogP contribution in [0.3, 0.4) is 0 Å². The number of amides is 1. The Morgan fingerprint density at radius 3 is 2.36 bits per heavy atom. The number of fused-ring (bicyclic) bond motifs is 2. The van der Waals surface area contributed by atoms with Gasteiger partial charge in [0.25, 0.3) is 0 Å². The first kappa shape index (κ1) is 9.93. The van der Waals surface area contributed by atoms with Crippen LogP contribution in [0, 0.1) is 5.92 Å². The number of ether oxygens (including phenoxy) is 1. The summed E-state index contributed by atoms with van der Waals surface area (Å²) in [6.45, 7) is 1.52. The molecule has 2 fully saturated rings. The number of carbonyl (C=O) groups excluding carboxylic acids is 1. The maximum atomic E-state index is 11.8. The van der Waals surface area contributed by atoms with E-state index in [9.17, 15) is 4.79 Å². The number of carbonyl (C=O) groups is 1. The van der Waals surface area contributed by atoms with Crippen molar-refractivity contribution >= 4 is 5.91 Å². The highest BCUT2D eigenvalue weighted by Crippen LogP contribution is 2.24. The summed E-state index contributed by atoms with van der Waals surface area (Å²) in [6.07, 6.45) is 1.85. The third kappa shape index (κ3) is 1.91. The number of piperidine rings is 1. The lowest BCUT2D eigenvalue weighted by Gasteiger charge is -2.40. The zero-order chi connectivity index (χ0) is 10.1. The molecule has 1 amide bonds. The van der Waals surface area contributed by atoms with E-state index in [4.69, 9.17) is 4.74 Å². The van der Waals surface area contributed by atoms with E-state index in [2.05, 4.69) is 5.32 Å². The van der Waals surface area contributed by atoms with Crippen LogP contribution in [-0.4, -0.2) is 50.2 Å². The zero-order valence-corrected chi connectivity index (χ0v) is 8.82. The number of hydrogen-bond acceptors (Lipinski definition) is 3. The molecule has 2 atom stereocenters. The summed E-state index contributed by atoms with van der Waals surface area (Å²) in [5, 5.41) is 3.48. The normalized spacial score (nSPS) is 36.6. The third-order valence-corrected chi connectivity index (χ3v) is 3.04. The van der Waals surface area contributed by atoms with Crippen LogP contribution in [0.4, 0.5) is 0 Å². The first-order valence-electron chi connectivity index (χ1n) is 5.22. The summed E-state index contributed by atoms with van der Waals surface area (Å²) >= 11 is 0. The van der Waals surface area contributed by atoms with Crippen molar-refractivity contribution < 1.29 is 9.53 Å². The fourth-order valence-corrected chi connectivity index (χ4v) is 2.40. The fourth-order valence-electron chi connectivity index (χ4n) is 2.40. The molecule has 2 heterocycles. The van der Waals surface area contributed by atoms with Crippen LogP contribution in [-0.2, 0) is 9.53 Å². The molecule has 1 N–H and O–H groups in total. The second-order valence-electron chi connectivity index (χ2n) is 4.50. The van der Waals surface area contributed by atoms with Crippen molar-refractivity contribution in [3.63, 3.8) is 0 Å². The van der Waals surface area contributed by atoms with Crippen LogP contribution < -0.4 is 5.32 Å². The summed E-state index contributed by atoms with van der Waals surface area (Å²) in [7, 11) is 3.66. The highest BCUT2D eigenvalue weighted by Gasteiger charge is 2.35. The third-order valence-electron chi connectivity index (χ3n) is 3.04. The van der Waals surface area contributed by atoms with Gasteiger partial charge in [0.05, 0.1) is 13.2 Å². The minimum Gasteiger partial charge on any atom is -0.378 e. The first-order valence-corrected chi connectivity index (χ1v) is 5.22. The Balaban J connectivity index is 1.98. The first-order chi connectivity index (χ1) is 6.66. The van der Waals surface area contributed by atoms with Crippen molar-refractivity contribution in [1.82, 2.24) is 10.2 Å². The molecule has 14 heavy (non-hydrogen) atoms. The molecule has 2 saturated heterocycles. The van der Waals surface area contributed by atoms with Crippen LogP contribution in [0.15, 0.2) is 0 Å². The Labute approximate surface area is 84.6 Å². The topological polar surface area (TPSA) is 41.6 Å². The largest absolute Gasteiger partial charge is 0.378 e. The van der Waals surface area contributed by atoms with Crippen LogP contribution in [0.2, 0.25) is 0 Å². The average molecular weight is 198 g/mol. The van der Waals surface area contributed by atoms with E-state index in [-0.39, 0.29) is 11.8 Å². The van der Waals surface area contributed by atoms with E-state index in [0.717, 1.165) is 26.1 Å². The van der Waals surface area contributed by atoms with E-state index >= 15 is 0 Å². The number of nitrogens with zero attached hydrogens (tertiary/aromatic N) is 1. The molecule has 0 radical (unpaired) electrons. The molecule has 2 bridgehead atoms. The molecule has 0 spiro atoms. The van der Waals surface area contributed by atoms with E-state index in [0.29, 0.717) is 12.1 Å². The second kappa shape index (κ2) is 3.87. The number of morpholine rings is 1. The average Bonchev–Trinajstić information content (AvgIpc) is 2.15. The molecule has 0 saturated carbocycles. The molecule has 4 nitrogen and oxygen atoms in total. The Morgan fingerprint density at radius 1 is 1.29 bits per heavy atom. The molecule has 0 aromatic heterocycles.